The van der Waals surface area contributed by atoms with E-state index in [0.717, 1.165) is 11.1 Å². The molecule has 2 atom stereocenters. The molecule has 0 spiro atoms. The minimum atomic E-state index is -0.286. The first kappa shape index (κ1) is 21.6. The van der Waals surface area contributed by atoms with E-state index < -0.39 is 0 Å². The molecule has 2 heterocycles. The van der Waals surface area contributed by atoms with E-state index in [1.165, 1.54) is 0 Å². The van der Waals surface area contributed by atoms with Gasteiger partial charge in [0.15, 0.2) is 6.61 Å². The lowest BCUT2D eigenvalue weighted by Gasteiger charge is -2.37. The number of nitrogens with zero attached hydrogens (tertiary/aromatic N) is 2. The number of ether oxygens (including phenoxy) is 1. The van der Waals surface area contributed by atoms with Crippen LogP contribution >= 0.6 is 0 Å². The van der Waals surface area contributed by atoms with Gasteiger partial charge in [-0.2, -0.15) is 0 Å². The number of para-hydroxylation sites is 1. The van der Waals surface area contributed by atoms with Gasteiger partial charge in [0.2, 0.25) is 5.91 Å². The molecule has 6 heteroatoms. The number of amides is 2. The molecular formula is C26H27N3O3. The standard InChI is InChI=1S/C26H27N3O3/c30-25(19-32-24-11-5-2-6-12-24)29-17-22(21-9-3-1-4-10-21)14-23(18-29)26(31)28-16-20-8-7-13-27-15-20/h1-13,15,22-23H,14,16-19H2,(H,28,31)/t22-,23-/m0/s1. The summed E-state index contributed by atoms with van der Waals surface area (Å²) in [7, 11) is 0. The van der Waals surface area contributed by atoms with Crippen LogP contribution in [-0.2, 0) is 16.1 Å². The summed E-state index contributed by atoms with van der Waals surface area (Å²) in [4.78, 5) is 31.8. The number of pyridine rings is 1. The Morgan fingerprint density at radius 2 is 1.72 bits per heavy atom. The number of hydrogen-bond acceptors (Lipinski definition) is 4. The molecule has 0 aliphatic carbocycles. The van der Waals surface area contributed by atoms with Gasteiger partial charge in [0.25, 0.3) is 5.91 Å². The zero-order valence-electron chi connectivity index (χ0n) is 17.9. The average Bonchev–Trinajstić information content (AvgIpc) is 2.87. The second-order valence-corrected chi connectivity index (χ2v) is 8.02. The number of piperidine rings is 1. The first-order valence-electron chi connectivity index (χ1n) is 10.9. The molecule has 1 aliphatic heterocycles. The Morgan fingerprint density at radius 1 is 0.969 bits per heavy atom. The molecule has 0 unspecified atom stereocenters. The van der Waals surface area contributed by atoms with Gasteiger partial charge in [0.05, 0.1) is 5.92 Å². The summed E-state index contributed by atoms with van der Waals surface area (Å²) in [6, 6.07) is 23.1. The smallest absolute Gasteiger partial charge is 0.260 e. The summed E-state index contributed by atoms with van der Waals surface area (Å²) in [5.41, 5.74) is 2.08. The highest BCUT2D eigenvalue weighted by Crippen LogP contribution is 2.30. The third-order valence-electron chi connectivity index (χ3n) is 5.74. The van der Waals surface area contributed by atoms with Crippen LogP contribution in [-0.4, -0.2) is 41.4 Å². The van der Waals surface area contributed by atoms with Crippen LogP contribution in [0.15, 0.2) is 85.2 Å². The van der Waals surface area contributed by atoms with Crippen molar-refractivity contribution in [1.29, 1.82) is 0 Å². The summed E-state index contributed by atoms with van der Waals surface area (Å²) in [6.07, 6.45) is 4.15. The van der Waals surface area contributed by atoms with Crippen LogP contribution in [0.4, 0.5) is 0 Å². The average molecular weight is 430 g/mol. The maximum absolute atomic E-state index is 13.0. The lowest BCUT2D eigenvalue weighted by Crippen LogP contribution is -2.49. The van der Waals surface area contributed by atoms with Crippen LogP contribution in [0.2, 0.25) is 0 Å². The van der Waals surface area contributed by atoms with Crippen molar-refractivity contribution in [3.8, 4) is 5.75 Å². The molecule has 1 aliphatic rings. The maximum atomic E-state index is 13.0. The second kappa shape index (κ2) is 10.6. The van der Waals surface area contributed by atoms with Crippen LogP contribution < -0.4 is 10.1 Å². The Bertz CT molecular complexity index is 949. The van der Waals surface area contributed by atoms with E-state index in [2.05, 4.69) is 22.4 Å². The van der Waals surface area contributed by atoms with Crippen LogP contribution in [0.3, 0.4) is 0 Å². The monoisotopic (exact) mass is 429 g/mol. The molecule has 1 saturated heterocycles. The van der Waals surface area contributed by atoms with Crippen molar-refractivity contribution >= 4 is 11.8 Å². The van der Waals surface area contributed by atoms with Gasteiger partial charge in [0.1, 0.15) is 5.75 Å². The van der Waals surface area contributed by atoms with Gasteiger partial charge in [0, 0.05) is 37.9 Å². The van der Waals surface area contributed by atoms with Gasteiger partial charge in [-0.25, -0.2) is 0 Å². The fraction of sp³-hybridized carbons (Fsp3) is 0.269. The van der Waals surface area contributed by atoms with Crippen molar-refractivity contribution in [1.82, 2.24) is 15.2 Å². The zero-order chi connectivity index (χ0) is 22.2. The van der Waals surface area contributed by atoms with E-state index in [1.54, 1.807) is 17.3 Å². The number of nitrogens with one attached hydrogen (secondary N) is 1. The first-order chi connectivity index (χ1) is 15.7. The highest BCUT2D eigenvalue weighted by Gasteiger charge is 2.34. The lowest BCUT2D eigenvalue weighted by atomic mass is 9.84. The lowest BCUT2D eigenvalue weighted by molar-refractivity contribution is -0.138. The molecule has 1 aromatic heterocycles. The van der Waals surface area contributed by atoms with Crippen LogP contribution in [0, 0.1) is 5.92 Å². The molecule has 2 aromatic carbocycles. The van der Waals surface area contributed by atoms with Gasteiger partial charge in [-0.05, 0) is 35.7 Å². The minimum absolute atomic E-state index is 0.0451. The highest BCUT2D eigenvalue weighted by molar-refractivity contribution is 5.82. The molecule has 0 bridgehead atoms. The predicted octanol–water partition coefficient (Wildman–Crippen LogP) is 3.41. The van der Waals surface area contributed by atoms with E-state index in [4.69, 9.17) is 4.74 Å². The number of aromatic nitrogens is 1. The molecule has 0 radical (unpaired) electrons. The molecule has 6 nitrogen and oxygen atoms in total. The highest BCUT2D eigenvalue weighted by atomic mass is 16.5. The summed E-state index contributed by atoms with van der Waals surface area (Å²) in [5, 5.41) is 3.01. The van der Waals surface area contributed by atoms with Crippen LogP contribution in [0.1, 0.15) is 23.5 Å². The van der Waals surface area contributed by atoms with Gasteiger partial charge in [-0.1, -0.05) is 54.6 Å². The van der Waals surface area contributed by atoms with E-state index in [0.29, 0.717) is 31.8 Å². The van der Waals surface area contributed by atoms with Crippen molar-refractivity contribution in [2.24, 2.45) is 5.92 Å². The zero-order valence-corrected chi connectivity index (χ0v) is 17.9. The minimum Gasteiger partial charge on any atom is -0.484 e. The maximum Gasteiger partial charge on any atom is 0.260 e. The fourth-order valence-corrected chi connectivity index (χ4v) is 4.05. The van der Waals surface area contributed by atoms with Gasteiger partial charge < -0.3 is 15.0 Å². The first-order valence-corrected chi connectivity index (χ1v) is 10.9. The normalized spacial score (nSPS) is 18.1. The van der Waals surface area contributed by atoms with E-state index in [1.807, 2.05) is 60.7 Å². The third-order valence-corrected chi connectivity index (χ3v) is 5.74. The Balaban J connectivity index is 1.43. The molecule has 2 amide bonds. The number of likely N-dealkylation sites (tertiary alicyclic amines) is 1. The van der Waals surface area contributed by atoms with Gasteiger partial charge in [-0.15, -0.1) is 0 Å². The quantitative estimate of drug-likeness (QED) is 0.625. The van der Waals surface area contributed by atoms with Crippen LogP contribution in [0.5, 0.6) is 5.75 Å². The third kappa shape index (κ3) is 5.72. The fourth-order valence-electron chi connectivity index (χ4n) is 4.05. The Hall–Kier alpha value is -3.67. The topological polar surface area (TPSA) is 71.5 Å². The van der Waals surface area contributed by atoms with Crippen molar-refractivity contribution in [3.63, 3.8) is 0 Å². The molecule has 1 fully saturated rings. The number of carbonyl (C=O) groups is 2. The molecule has 0 saturated carbocycles. The SMILES string of the molecule is O=C(NCc1cccnc1)[C@H]1C[C@H](c2ccccc2)CN(C(=O)COc2ccccc2)C1. The summed E-state index contributed by atoms with van der Waals surface area (Å²) in [6.45, 7) is 1.34. The summed E-state index contributed by atoms with van der Waals surface area (Å²) in [5.74, 6) is 0.310. The van der Waals surface area contributed by atoms with Gasteiger partial charge in [-0.3, -0.25) is 14.6 Å². The molecule has 3 aromatic rings. The Labute approximate surface area is 188 Å². The Kier molecular flexibility index (Phi) is 7.12. The number of benzene rings is 2. The molecular weight excluding hydrogens is 402 g/mol. The number of carbonyl (C=O) groups excluding carboxylic acids is 2. The summed E-state index contributed by atoms with van der Waals surface area (Å²) >= 11 is 0. The van der Waals surface area contributed by atoms with Crippen LogP contribution in [0.25, 0.3) is 0 Å². The molecule has 32 heavy (non-hydrogen) atoms. The van der Waals surface area contributed by atoms with Crippen molar-refractivity contribution in [2.45, 2.75) is 18.9 Å². The van der Waals surface area contributed by atoms with Crippen molar-refractivity contribution in [2.75, 3.05) is 19.7 Å². The summed E-state index contributed by atoms with van der Waals surface area (Å²) < 4.78 is 5.66. The van der Waals surface area contributed by atoms with E-state index in [-0.39, 0.29) is 30.3 Å². The Morgan fingerprint density at radius 3 is 2.44 bits per heavy atom. The number of rotatable bonds is 7. The predicted molar refractivity (Wildman–Crippen MR) is 122 cm³/mol. The largest absolute Gasteiger partial charge is 0.484 e. The molecule has 4 rings (SSSR count). The van der Waals surface area contributed by atoms with E-state index in [9.17, 15) is 9.59 Å². The molecule has 164 valence electrons. The van der Waals surface area contributed by atoms with Crippen molar-refractivity contribution < 1.29 is 14.3 Å². The number of hydrogen-bond donors (Lipinski definition) is 1. The van der Waals surface area contributed by atoms with E-state index >= 15 is 0 Å². The second-order valence-electron chi connectivity index (χ2n) is 8.02. The van der Waals surface area contributed by atoms with Crippen molar-refractivity contribution in [3.05, 3.63) is 96.3 Å². The molecule has 1 N–H and O–H groups in total. The van der Waals surface area contributed by atoms with Gasteiger partial charge >= 0.3 is 0 Å².